The van der Waals surface area contributed by atoms with Gasteiger partial charge >= 0.3 is 6.09 Å². The Kier molecular flexibility index (Phi) is 6.92. The van der Waals surface area contributed by atoms with Crippen LogP contribution in [0.3, 0.4) is 0 Å². The molecule has 0 saturated carbocycles. The SMILES string of the molecule is CCOC(=O)N/N=C\c1cn(CCCOc2ccc(Cl)cc2)c2ccccc12. The quantitative estimate of drug-likeness (QED) is 0.334. The number of fused-ring (bicyclic) bond motifs is 1. The molecule has 0 aliphatic carbocycles. The number of nitrogens with zero attached hydrogens (tertiary/aromatic N) is 2. The molecule has 1 heterocycles. The van der Waals surface area contributed by atoms with Crippen LogP contribution in [0.15, 0.2) is 59.8 Å². The van der Waals surface area contributed by atoms with Gasteiger partial charge in [0.05, 0.1) is 19.4 Å². The van der Waals surface area contributed by atoms with Gasteiger partial charge in [0.25, 0.3) is 0 Å². The average molecular weight is 400 g/mol. The lowest BCUT2D eigenvalue weighted by Crippen LogP contribution is -2.18. The number of nitrogens with one attached hydrogen (secondary N) is 1. The zero-order valence-electron chi connectivity index (χ0n) is 15.6. The first-order chi connectivity index (χ1) is 13.7. The van der Waals surface area contributed by atoms with E-state index < -0.39 is 6.09 Å². The van der Waals surface area contributed by atoms with Gasteiger partial charge in [-0.25, -0.2) is 10.2 Å². The van der Waals surface area contributed by atoms with Crippen LogP contribution in [-0.4, -0.2) is 30.1 Å². The third-order valence-electron chi connectivity index (χ3n) is 4.08. The van der Waals surface area contributed by atoms with Crippen LogP contribution in [0.1, 0.15) is 18.9 Å². The number of rotatable bonds is 8. The molecule has 28 heavy (non-hydrogen) atoms. The Morgan fingerprint density at radius 3 is 2.79 bits per heavy atom. The van der Waals surface area contributed by atoms with Crippen molar-refractivity contribution in [2.75, 3.05) is 13.2 Å². The number of hydrazone groups is 1. The van der Waals surface area contributed by atoms with E-state index in [4.69, 9.17) is 21.1 Å². The summed E-state index contributed by atoms with van der Waals surface area (Å²) in [6.45, 7) is 3.45. The van der Waals surface area contributed by atoms with Gasteiger partial charge in [-0.1, -0.05) is 29.8 Å². The number of ether oxygens (including phenoxy) is 2. The highest BCUT2D eigenvalue weighted by molar-refractivity contribution is 6.30. The first kappa shape index (κ1) is 19.8. The van der Waals surface area contributed by atoms with Crippen LogP contribution < -0.4 is 10.2 Å². The van der Waals surface area contributed by atoms with Crippen molar-refractivity contribution in [3.8, 4) is 5.75 Å². The van der Waals surface area contributed by atoms with Gasteiger partial charge in [0.2, 0.25) is 0 Å². The lowest BCUT2D eigenvalue weighted by molar-refractivity contribution is 0.152. The lowest BCUT2D eigenvalue weighted by Gasteiger charge is -2.08. The summed E-state index contributed by atoms with van der Waals surface area (Å²) in [6.07, 6.45) is 3.92. The fraction of sp³-hybridized carbons (Fsp3) is 0.238. The molecule has 2 aromatic carbocycles. The smallest absolute Gasteiger partial charge is 0.427 e. The van der Waals surface area contributed by atoms with E-state index in [1.807, 2.05) is 48.7 Å². The van der Waals surface area contributed by atoms with Gasteiger partial charge in [0, 0.05) is 34.2 Å². The second-order valence-corrected chi connectivity index (χ2v) is 6.48. The molecular formula is C21H22ClN3O3. The number of para-hydroxylation sites is 1. The van der Waals surface area contributed by atoms with Crippen LogP contribution >= 0.6 is 11.6 Å². The second-order valence-electron chi connectivity index (χ2n) is 6.04. The Hall–Kier alpha value is -2.99. The summed E-state index contributed by atoms with van der Waals surface area (Å²) in [5.74, 6) is 0.805. The van der Waals surface area contributed by atoms with Gasteiger partial charge in [0.15, 0.2) is 0 Å². The molecule has 0 aliphatic rings. The van der Waals surface area contributed by atoms with E-state index in [1.165, 1.54) is 0 Å². The number of aromatic nitrogens is 1. The molecule has 6 nitrogen and oxygen atoms in total. The minimum absolute atomic E-state index is 0.304. The van der Waals surface area contributed by atoms with E-state index in [9.17, 15) is 4.79 Å². The highest BCUT2D eigenvalue weighted by Crippen LogP contribution is 2.21. The summed E-state index contributed by atoms with van der Waals surface area (Å²) >= 11 is 5.88. The molecule has 1 N–H and O–H groups in total. The van der Waals surface area contributed by atoms with Crippen molar-refractivity contribution >= 4 is 34.8 Å². The zero-order chi connectivity index (χ0) is 19.8. The summed E-state index contributed by atoms with van der Waals surface area (Å²) < 4.78 is 12.7. The lowest BCUT2D eigenvalue weighted by atomic mass is 10.2. The predicted octanol–water partition coefficient (Wildman–Crippen LogP) is 4.84. The number of hydrogen-bond donors (Lipinski definition) is 1. The second kappa shape index (κ2) is 9.80. The number of aryl methyl sites for hydroxylation is 1. The largest absolute Gasteiger partial charge is 0.494 e. The van der Waals surface area contributed by atoms with E-state index in [0.717, 1.165) is 35.2 Å². The minimum atomic E-state index is -0.568. The van der Waals surface area contributed by atoms with Gasteiger partial charge in [-0.05, 0) is 43.7 Å². The number of amides is 1. The van der Waals surface area contributed by atoms with Crippen molar-refractivity contribution in [2.45, 2.75) is 19.9 Å². The fourth-order valence-electron chi connectivity index (χ4n) is 2.84. The molecule has 7 heteroatoms. The molecule has 0 unspecified atom stereocenters. The maximum absolute atomic E-state index is 11.3. The van der Waals surface area contributed by atoms with E-state index in [0.29, 0.717) is 18.2 Å². The molecule has 1 aromatic heterocycles. The summed E-state index contributed by atoms with van der Waals surface area (Å²) in [7, 11) is 0. The van der Waals surface area contributed by atoms with E-state index in [2.05, 4.69) is 21.2 Å². The van der Waals surface area contributed by atoms with Crippen LogP contribution in [0, 0.1) is 0 Å². The third kappa shape index (κ3) is 5.27. The number of halogens is 1. The van der Waals surface area contributed by atoms with Crippen molar-refractivity contribution in [3.63, 3.8) is 0 Å². The molecule has 0 bridgehead atoms. The molecule has 0 saturated heterocycles. The first-order valence-electron chi connectivity index (χ1n) is 9.09. The summed E-state index contributed by atoms with van der Waals surface area (Å²) in [5, 5.41) is 5.73. The number of hydrogen-bond acceptors (Lipinski definition) is 4. The minimum Gasteiger partial charge on any atom is -0.494 e. The Morgan fingerprint density at radius 2 is 2.00 bits per heavy atom. The molecule has 0 fully saturated rings. The van der Waals surface area contributed by atoms with Crippen molar-refractivity contribution in [1.29, 1.82) is 0 Å². The van der Waals surface area contributed by atoms with E-state index in [1.54, 1.807) is 13.1 Å². The highest BCUT2D eigenvalue weighted by atomic mass is 35.5. The van der Waals surface area contributed by atoms with E-state index in [-0.39, 0.29) is 0 Å². The van der Waals surface area contributed by atoms with Gasteiger partial charge in [0.1, 0.15) is 5.75 Å². The van der Waals surface area contributed by atoms with Crippen LogP contribution in [0.5, 0.6) is 5.75 Å². The van der Waals surface area contributed by atoms with Crippen LogP contribution in [-0.2, 0) is 11.3 Å². The van der Waals surface area contributed by atoms with Crippen LogP contribution in [0.2, 0.25) is 5.02 Å². The Morgan fingerprint density at radius 1 is 1.21 bits per heavy atom. The monoisotopic (exact) mass is 399 g/mol. The van der Waals surface area contributed by atoms with Crippen molar-refractivity contribution in [2.24, 2.45) is 5.10 Å². The molecule has 0 atom stereocenters. The van der Waals surface area contributed by atoms with Gasteiger partial charge in [-0.2, -0.15) is 5.10 Å². The van der Waals surface area contributed by atoms with Gasteiger partial charge < -0.3 is 14.0 Å². The van der Waals surface area contributed by atoms with Gasteiger partial charge in [-0.15, -0.1) is 0 Å². The van der Waals surface area contributed by atoms with Gasteiger partial charge in [-0.3, -0.25) is 0 Å². The molecule has 1 amide bonds. The zero-order valence-corrected chi connectivity index (χ0v) is 16.4. The highest BCUT2D eigenvalue weighted by Gasteiger charge is 2.07. The maximum atomic E-state index is 11.3. The number of carbonyl (C=O) groups is 1. The normalized spacial score (nSPS) is 11.1. The Bertz CT molecular complexity index is 951. The molecule has 3 rings (SSSR count). The first-order valence-corrected chi connectivity index (χ1v) is 9.47. The standard InChI is InChI=1S/C21H22ClN3O3/c1-2-27-21(26)24-23-14-16-15-25(20-7-4-3-6-19(16)20)12-5-13-28-18-10-8-17(22)9-11-18/h3-4,6-11,14-15H,2,5,12-13H2,1H3,(H,24,26)/b23-14-. The molecule has 0 aliphatic heterocycles. The molecule has 0 spiro atoms. The van der Waals surface area contributed by atoms with Crippen molar-refractivity contribution < 1.29 is 14.3 Å². The molecule has 3 aromatic rings. The molecular weight excluding hydrogens is 378 g/mol. The fourth-order valence-corrected chi connectivity index (χ4v) is 2.96. The van der Waals surface area contributed by atoms with Crippen LogP contribution in [0.25, 0.3) is 10.9 Å². The topological polar surface area (TPSA) is 64.8 Å². The third-order valence-corrected chi connectivity index (χ3v) is 4.33. The predicted molar refractivity (Wildman–Crippen MR) is 111 cm³/mol. The van der Waals surface area contributed by atoms with Crippen LogP contribution in [0.4, 0.5) is 4.79 Å². The molecule has 0 radical (unpaired) electrons. The number of benzene rings is 2. The summed E-state index contributed by atoms with van der Waals surface area (Å²) in [5.41, 5.74) is 4.38. The van der Waals surface area contributed by atoms with E-state index >= 15 is 0 Å². The Balaban J connectivity index is 1.62. The van der Waals surface area contributed by atoms with Crippen molar-refractivity contribution in [1.82, 2.24) is 9.99 Å². The molecule has 146 valence electrons. The summed E-state index contributed by atoms with van der Waals surface area (Å²) in [6, 6.07) is 15.4. The summed E-state index contributed by atoms with van der Waals surface area (Å²) in [4.78, 5) is 11.3. The Labute approximate surface area is 168 Å². The average Bonchev–Trinajstić information content (AvgIpc) is 3.05. The number of carbonyl (C=O) groups excluding carboxylic acids is 1. The van der Waals surface area contributed by atoms with Crippen molar-refractivity contribution in [3.05, 3.63) is 65.3 Å². The maximum Gasteiger partial charge on any atom is 0.427 e.